The molecule has 0 aliphatic carbocycles. The molecule has 3 N–H and O–H groups in total. The van der Waals surface area contributed by atoms with Crippen molar-refractivity contribution in [2.75, 3.05) is 13.1 Å². The summed E-state index contributed by atoms with van der Waals surface area (Å²) in [7, 11) is 0. The van der Waals surface area contributed by atoms with Crippen LogP contribution in [0.25, 0.3) is 0 Å². The molecule has 0 bridgehead atoms. The van der Waals surface area contributed by atoms with Gasteiger partial charge in [-0.15, -0.1) is 0 Å². The summed E-state index contributed by atoms with van der Waals surface area (Å²) in [6.45, 7) is 6.87. The van der Waals surface area contributed by atoms with Crippen LogP contribution in [0.4, 0.5) is 4.79 Å². The highest BCUT2D eigenvalue weighted by Crippen LogP contribution is 2.38. The number of aliphatic hydroxyl groups is 1. The smallest absolute Gasteiger partial charge is 0.315 e. The standard InChI is InChI=1S/C25H31Cl2N3O3/c1-16(2)22(29-24(32)28-14-18-4-8-20(26)9-5-18)23(31)30-13-12-25(33,17(3)15-30)19-6-10-21(27)11-7-19/h4-11,16-17,22,33H,12-15H2,1-3H3,(H2,28,29,32)/t17?,22-,25?/m1/s1. The molecule has 0 spiro atoms. The van der Waals surface area contributed by atoms with Crippen LogP contribution < -0.4 is 10.6 Å². The molecule has 178 valence electrons. The number of carbonyl (C=O) groups excluding carboxylic acids is 2. The largest absolute Gasteiger partial charge is 0.385 e. The SMILES string of the molecule is CC(C)[C@@H](NC(=O)NCc1ccc(Cl)cc1)C(=O)N1CCC(O)(c2ccc(Cl)cc2)C(C)C1. The van der Waals surface area contributed by atoms with Gasteiger partial charge < -0.3 is 20.6 Å². The van der Waals surface area contributed by atoms with E-state index in [1.807, 2.05) is 45.0 Å². The maximum absolute atomic E-state index is 13.3. The number of nitrogens with one attached hydrogen (secondary N) is 2. The average molecular weight is 492 g/mol. The van der Waals surface area contributed by atoms with Crippen LogP contribution >= 0.6 is 23.2 Å². The third kappa shape index (κ3) is 6.19. The molecule has 3 atom stereocenters. The molecule has 8 heteroatoms. The summed E-state index contributed by atoms with van der Waals surface area (Å²) in [5.74, 6) is -0.411. The molecule has 1 fully saturated rings. The summed E-state index contributed by atoms with van der Waals surface area (Å²) in [5, 5.41) is 18.2. The van der Waals surface area contributed by atoms with Crippen LogP contribution in [0.15, 0.2) is 48.5 Å². The third-order valence-corrected chi connectivity index (χ3v) is 6.82. The molecular formula is C25H31Cl2N3O3. The van der Waals surface area contributed by atoms with Gasteiger partial charge in [0.2, 0.25) is 5.91 Å². The summed E-state index contributed by atoms with van der Waals surface area (Å²) in [6.07, 6.45) is 0.412. The van der Waals surface area contributed by atoms with Crippen LogP contribution in [-0.4, -0.2) is 41.1 Å². The van der Waals surface area contributed by atoms with E-state index < -0.39 is 17.7 Å². The minimum absolute atomic E-state index is 0.0915. The number of likely N-dealkylation sites (tertiary alicyclic amines) is 1. The first-order chi connectivity index (χ1) is 15.6. The van der Waals surface area contributed by atoms with E-state index in [2.05, 4.69) is 10.6 Å². The Kier molecular flexibility index (Phi) is 8.27. The van der Waals surface area contributed by atoms with Gasteiger partial charge in [-0.05, 0) is 47.7 Å². The monoisotopic (exact) mass is 491 g/mol. The molecule has 0 aromatic heterocycles. The molecule has 0 radical (unpaired) electrons. The maximum Gasteiger partial charge on any atom is 0.315 e. The van der Waals surface area contributed by atoms with Crippen molar-refractivity contribution in [3.05, 3.63) is 69.7 Å². The maximum atomic E-state index is 13.3. The van der Waals surface area contributed by atoms with E-state index in [0.29, 0.717) is 36.1 Å². The number of rotatable bonds is 6. The van der Waals surface area contributed by atoms with E-state index in [1.54, 1.807) is 29.2 Å². The van der Waals surface area contributed by atoms with Crippen LogP contribution in [-0.2, 0) is 16.9 Å². The van der Waals surface area contributed by atoms with Gasteiger partial charge in [-0.2, -0.15) is 0 Å². The van der Waals surface area contributed by atoms with Crippen molar-refractivity contribution in [2.24, 2.45) is 11.8 Å². The molecule has 33 heavy (non-hydrogen) atoms. The van der Waals surface area contributed by atoms with Gasteiger partial charge in [0.05, 0.1) is 5.60 Å². The van der Waals surface area contributed by atoms with Crippen LogP contribution in [0.1, 0.15) is 38.3 Å². The first-order valence-electron chi connectivity index (χ1n) is 11.2. The number of halogens is 2. The van der Waals surface area contributed by atoms with Crippen molar-refractivity contribution in [3.63, 3.8) is 0 Å². The van der Waals surface area contributed by atoms with Crippen molar-refractivity contribution in [1.29, 1.82) is 0 Å². The van der Waals surface area contributed by atoms with E-state index in [-0.39, 0.29) is 17.7 Å². The van der Waals surface area contributed by atoms with Crippen LogP contribution in [0.2, 0.25) is 10.0 Å². The number of nitrogens with zero attached hydrogens (tertiary/aromatic N) is 1. The number of piperidine rings is 1. The lowest BCUT2D eigenvalue weighted by molar-refractivity contribution is -0.143. The second kappa shape index (κ2) is 10.8. The predicted molar refractivity (Wildman–Crippen MR) is 131 cm³/mol. The topological polar surface area (TPSA) is 81.7 Å². The first kappa shape index (κ1) is 25.3. The molecule has 6 nitrogen and oxygen atoms in total. The number of hydrogen-bond acceptors (Lipinski definition) is 3. The van der Waals surface area contributed by atoms with Crippen molar-refractivity contribution in [3.8, 4) is 0 Å². The molecular weight excluding hydrogens is 461 g/mol. The Bertz CT molecular complexity index is 966. The first-order valence-corrected chi connectivity index (χ1v) is 11.9. The fourth-order valence-corrected chi connectivity index (χ4v) is 4.43. The highest BCUT2D eigenvalue weighted by Gasteiger charge is 2.42. The molecule has 3 amide bonds. The van der Waals surface area contributed by atoms with Crippen LogP contribution in [0.5, 0.6) is 0 Å². The van der Waals surface area contributed by atoms with Gasteiger partial charge in [0.25, 0.3) is 0 Å². The summed E-state index contributed by atoms with van der Waals surface area (Å²) >= 11 is 11.9. The van der Waals surface area contributed by atoms with E-state index in [4.69, 9.17) is 23.2 Å². The Labute approximate surface area is 205 Å². The Morgan fingerprint density at radius 1 is 1.09 bits per heavy atom. The van der Waals surface area contributed by atoms with Gasteiger partial charge in [-0.1, -0.05) is 68.2 Å². The van der Waals surface area contributed by atoms with Gasteiger partial charge in [0, 0.05) is 35.6 Å². The molecule has 1 saturated heterocycles. The van der Waals surface area contributed by atoms with Gasteiger partial charge in [0.15, 0.2) is 0 Å². The second-order valence-corrected chi connectivity index (χ2v) is 9.91. The number of carbonyl (C=O) groups is 2. The third-order valence-electron chi connectivity index (χ3n) is 6.31. The summed E-state index contributed by atoms with van der Waals surface area (Å²) in [6, 6.07) is 13.3. The van der Waals surface area contributed by atoms with E-state index in [0.717, 1.165) is 11.1 Å². The number of urea groups is 1. The normalized spacial score (nSPS) is 21.5. The summed E-state index contributed by atoms with van der Waals surface area (Å²) < 4.78 is 0. The van der Waals surface area contributed by atoms with Crippen molar-refractivity contribution >= 4 is 35.1 Å². The fraction of sp³-hybridized carbons (Fsp3) is 0.440. The van der Waals surface area contributed by atoms with Crippen LogP contribution in [0, 0.1) is 11.8 Å². The minimum Gasteiger partial charge on any atom is -0.385 e. The quantitative estimate of drug-likeness (QED) is 0.553. The highest BCUT2D eigenvalue weighted by atomic mass is 35.5. The molecule has 0 saturated carbocycles. The van der Waals surface area contributed by atoms with E-state index in [1.165, 1.54) is 0 Å². The van der Waals surface area contributed by atoms with Gasteiger partial charge in [0.1, 0.15) is 6.04 Å². The lowest BCUT2D eigenvalue weighted by atomic mass is 9.76. The van der Waals surface area contributed by atoms with Crippen molar-refractivity contribution < 1.29 is 14.7 Å². The molecule has 3 rings (SSSR count). The zero-order valence-electron chi connectivity index (χ0n) is 19.1. The Morgan fingerprint density at radius 3 is 2.21 bits per heavy atom. The number of benzene rings is 2. The van der Waals surface area contributed by atoms with Gasteiger partial charge in [-0.3, -0.25) is 4.79 Å². The molecule has 2 unspecified atom stereocenters. The Morgan fingerprint density at radius 2 is 1.67 bits per heavy atom. The summed E-state index contributed by atoms with van der Waals surface area (Å²) in [5.41, 5.74) is 0.679. The highest BCUT2D eigenvalue weighted by molar-refractivity contribution is 6.30. The molecule has 1 aliphatic heterocycles. The minimum atomic E-state index is -1.03. The lowest BCUT2D eigenvalue weighted by Gasteiger charge is -2.44. The molecule has 1 aliphatic rings. The number of hydrogen-bond donors (Lipinski definition) is 3. The zero-order chi connectivity index (χ0) is 24.2. The van der Waals surface area contributed by atoms with E-state index in [9.17, 15) is 14.7 Å². The Balaban J connectivity index is 1.60. The summed E-state index contributed by atoms with van der Waals surface area (Å²) in [4.78, 5) is 27.5. The lowest BCUT2D eigenvalue weighted by Crippen LogP contribution is -2.58. The molecule has 2 aromatic carbocycles. The van der Waals surface area contributed by atoms with Gasteiger partial charge >= 0.3 is 6.03 Å². The second-order valence-electron chi connectivity index (χ2n) is 9.04. The average Bonchev–Trinajstić information content (AvgIpc) is 2.78. The van der Waals surface area contributed by atoms with Crippen molar-refractivity contribution in [1.82, 2.24) is 15.5 Å². The van der Waals surface area contributed by atoms with E-state index >= 15 is 0 Å². The number of amides is 3. The van der Waals surface area contributed by atoms with Crippen molar-refractivity contribution in [2.45, 2.75) is 45.4 Å². The van der Waals surface area contributed by atoms with Gasteiger partial charge in [-0.25, -0.2) is 4.79 Å². The molecule has 2 aromatic rings. The fourth-order valence-electron chi connectivity index (χ4n) is 4.18. The Hall–Kier alpha value is -2.28. The zero-order valence-corrected chi connectivity index (χ0v) is 20.7. The van der Waals surface area contributed by atoms with Crippen LogP contribution in [0.3, 0.4) is 0 Å². The molecule has 1 heterocycles. The predicted octanol–water partition coefficient (Wildman–Crippen LogP) is 4.57.